The van der Waals surface area contributed by atoms with E-state index in [2.05, 4.69) is 5.32 Å². The molecule has 0 saturated heterocycles. The summed E-state index contributed by atoms with van der Waals surface area (Å²) in [5.41, 5.74) is 2.00. The molecule has 1 N–H and O–H groups in total. The van der Waals surface area contributed by atoms with Gasteiger partial charge in [0.15, 0.2) is 0 Å². The smallest absolute Gasteiger partial charge is 0.244 e. The number of carbonyl (C=O) groups excluding carboxylic acids is 2. The molecule has 0 heterocycles. The average Bonchev–Trinajstić information content (AvgIpc) is 2.80. The summed E-state index contributed by atoms with van der Waals surface area (Å²) in [5, 5.41) is 3.09. The van der Waals surface area contributed by atoms with Crippen molar-refractivity contribution in [2.24, 2.45) is 0 Å². The van der Waals surface area contributed by atoms with Crippen molar-refractivity contribution in [3.05, 3.63) is 63.6 Å². The van der Waals surface area contributed by atoms with Crippen LogP contribution in [0.4, 0.5) is 5.69 Å². The highest BCUT2D eigenvalue weighted by Crippen LogP contribution is 2.33. The van der Waals surface area contributed by atoms with Gasteiger partial charge in [0.25, 0.3) is 0 Å². The molecule has 2 amide bonds. The van der Waals surface area contributed by atoms with Gasteiger partial charge in [-0.3, -0.25) is 13.9 Å². The Morgan fingerprint density at radius 3 is 2.29 bits per heavy atom. The molecule has 0 aliphatic heterocycles. The molecule has 10 heteroatoms. The number of unbranched alkanes of at least 4 members (excludes halogenated alkanes) is 1. The average molecular weight is 543 g/mol. The van der Waals surface area contributed by atoms with Gasteiger partial charge in [-0.05, 0) is 37.5 Å². The second kappa shape index (κ2) is 13.1. The summed E-state index contributed by atoms with van der Waals surface area (Å²) in [6.45, 7) is 5.94. The van der Waals surface area contributed by atoms with Crippen molar-refractivity contribution in [2.75, 3.05) is 23.7 Å². The Bertz CT molecular complexity index is 1120. The lowest BCUT2D eigenvalue weighted by molar-refractivity contribution is -0.140. The molecule has 1 atom stereocenters. The summed E-state index contributed by atoms with van der Waals surface area (Å²) in [5.74, 6) is -0.794. The van der Waals surface area contributed by atoms with Crippen LogP contribution in [0.15, 0.2) is 42.5 Å². The Balaban J connectivity index is 2.43. The third-order valence-corrected chi connectivity index (χ3v) is 7.50. The minimum absolute atomic E-state index is 0.0295. The predicted octanol–water partition coefficient (Wildman–Crippen LogP) is 4.79. The first-order valence-electron chi connectivity index (χ1n) is 11.5. The van der Waals surface area contributed by atoms with Gasteiger partial charge in [-0.15, -0.1) is 0 Å². The van der Waals surface area contributed by atoms with E-state index >= 15 is 0 Å². The highest BCUT2D eigenvalue weighted by molar-refractivity contribution is 7.92. The van der Waals surface area contributed by atoms with Gasteiger partial charge >= 0.3 is 0 Å². The van der Waals surface area contributed by atoms with Gasteiger partial charge in [-0.2, -0.15) is 0 Å². The predicted molar refractivity (Wildman–Crippen MR) is 142 cm³/mol. The van der Waals surface area contributed by atoms with Gasteiger partial charge in [0, 0.05) is 13.1 Å². The molecule has 7 nitrogen and oxygen atoms in total. The Hall–Kier alpha value is -2.29. The highest BCUT2D eigenvalue weighted by Gasteiger charge is 2.32. The maximum Gasteiger partial charge on any atom is 0.244 e. The Kier molecular flexibility index (Phi) is 10.9. The first-order chi connectivity index (χ1) is 16.5. The largest absolute Gasteiger partial charge is 0.354 e. The van der Waals surface area contributed by atoms with Crippen molar-refractivity contribution < 1.29 is 18.0 Å². The molecule has 0 spiro atoms. The van der Waals surface area contributed by atoms with E-state index in [0.717, 1.165) is 34.5 Å². The van der Waals surface area contributed by atoms with Crippen LogP contribution in [0, 0.1) is 6.92 Å². The van der Waals surface area contributed by atoms with Crippen LogP contribution in [0.2, 0.25) is 10.0 Å². The molecule has 1 unspecified atom stereocenters. The third-order valence-electron chi connectivity index (χ3n) is 5.57. The molecule has 0 aliphatic rings. The molecule has 0 saturated carbocycles. The first kappa shape index (κ1) is 28.9. The number of benzene rings is 2. The summed E-state index contributed by atoms with van der Waals surface area (Å²) < 4.78 is 26.3. The quantitative estimate of drug-likeness (QED) is 0.391. The van der Waals surface area contributed by atoms with Crippen LogP contribution in [-0.2, 0) is 26.2 Å². The zero-order chi connectivity index (χ0) is 26.2. The summed E-state index contributed by atoms with van der Waals surface area (Å²) in [6, 6.07) is 11.4. The summed E-state index contributed by atoms with van der Waals surface area (Å²) in [6.07, 6.45) is 3.11. The molecular formula is C25H33Cl2N3O4S. The second-order valence-corrected chi connectivity index (χ2v) is 11.1. The van der Waals surface area contributed by atoms with Crippen LogP contribution in [0.25, 0.3) is 0 Å². The fraction of sp³-hybridized carbons (Fsp3) is 0.440. The Morgan fingerprint density at radius 1 is 1.06 bits per heavy atom. The lowest BCUT2D eigenvalue weighted by Gasteiger charge is -2.33. The van der Waals surface area contributed by atoms with Gasteiger partial charge in [-0.25, -0.2) is 8.42 Å². The number of amides is 2. The van der Waals surface area contributed by atoms with Crippen LogP contribution in [0.1, 0.15) is 44.2 Å². The fourth-order valence-electron chi connectivity index (χ4n) is 3.60. The van der Waals surface area contributed by atoms with Crippen molar-refractivity contribution in [3.8, 4) is 0 Å². The molecule has 0 bridgehead atoms. The number of anilines is 1. The molecule has 0 radical (unpaired) electrons. The minimum atomic E-state index is -3.89. The molecule has 2 rings (SSSR count). The summed E-state index contributed by atoms with van der Waals surface area (Å²) in [4.78, 5) is 28.1. The van der Waals surface area contributed by atoms with Crippen LogP contribution in [-0.4, -0.2) is 50.5 Å². The molecule has 0 aliphatic carbocycles. The summed E-state index contributed by atoms with van der Waals surface area (Å²) >= 11 is 12.4. The maximum absolute atomic E-state index is 13.6. The van der Waals surface area contributed by atoms with Crippen LogP contribution < -0.4 is 9.62 Å². The molecule has 0 aromatic heterocycles. The number of nitrogens with one attached hydrogen (secondary N) is 1. The van der Waals surface area contributed by atoms with E-state index in [1.165, 1.54) is 17.0 Å². The number of hydrogen-bond donors (Lipinski definition) is 1. The third kappa shape index (κ3) is 8.12. The van der Waals surface area contributed by atoms with Crippen LogP contribution >= 0.6 is 23.2 Å². The number of carbonyl (C=O) groups is 2. The molecule has 35 heavy (non-hydrogen) atoms. The monoisotopic (exact) mass is 541 g/mol. The number of rotatable bonds is 12. The van der Waals surface area contributed by atoms with Gasteiger partial charge in [0.2, 0.25) is 21.8 Å². The number of halogens is 2. The van der Waals surface area contributed by atoms with E-state index in [9.17, 15) is 18.0 Å². The molecule has 0 fully saturated rings. The SMILES string of the molecule is CCCCNC(=O)C(CC)N(Cc1ccc(C)cc1)C(=O)CN(c1cccc(Cl)c1Cl)S(C)(=O)=O. The van der Waals surface area contributed by atoms with Crippen molar-refractivity contribution in [1.29, 1.82) is 0 Å². The maximum atomic E-state index is 13.6. The lowest BCUT2D eigenvalue weighted by Crippen LogP contribution is -2.52. The van der Waals surface area contributed by atoms with Crippen LogP contribution in [0.5, 0.6) is 0 Å². The zero-order valence-electron chi connectivity index (χ0n) is 20.6. The van der Waals surface area contributed by atoms with E-state index in [-0.39, 0.29) is 28.2 Å². The van der Waals surface area contributed by atoms with Crippen LogP contribution in [0.3, 0.4) is 0 Å². The van der Waals surface area contributed by atoms with E-state index < -0.39 is 28.5 Å². The molecular weight excluding hydrogens is 509 g/mol. The van der Waals surface area contributed by atoms with Crippen molar-refractivity contribution in [1.82, 2.24) is 10.2 Å². The molecule has 2 aromatic carbocycles. The highest BCUT2D eigenvalue weighted by atomic mass is 35.5. The second-order valence-electron chi connectivity index (χ2n) is 8.42. The van der Waals surface area contributed by atoms with Gasteiger partial charge in [-0.1, -0.05) is 79.4 Å². The van der Waals surface area contributed by atoms with E-state index in [0.29, 0.717) is 13.0 Å². The van der Waals surface area contributed by atoms with Crippen molar-refractivity contribution in [2.45, 2.75) is 52.6 Å². The minimum Gasteiger partial charge on any atom is -0.354 e. The first-order valence-corrected chi connectivity index (χ1v) is 14.1. The normalized spacial score (nSPS) is 12.2. The topological polar surface area (TPSA) is 86.8 Å². The Labute approximate surface area is 218 Å². The van der Waals surface area contributed by atoms with E-state index in [1.54, 1.807) is 6.07 Å². The standard InChI is InChI=1S/C25H33Cl2N3O4S/c1-5-7-15-28-25(32)21(6-2)29(16-19-13-11-18(3)12-14-19)23(31)17-30(35(4,33)34)22-10-8-9-20(26)24(22)27/h8-14,21H,5-7,15-17H2,1-4H3,(H,28,32). The number of aryl methyl sites for hydroxylation is 1. The molecule has 2 aromatic rings. The lowest BCUT2D eigenvalue weighted by atomic mass is 10.1. The van der Waals surface area contributed by atoms with Gasteiger partial charge in [0.05, 0.1) is 22.0 Å². The number of nitrogens with zero attached hydrogens (tertiary/aromatic N) is 2. The number of sulfonamides is 1. The summed E-state index contributed by atoms with van der Waals surface area (Å²) in [7, 11) is -3.89. The van der Waals surface area contributed by atoms with E-state index in [1.807, 2.05) is 45.0 Å². The van der Waals surface area contributed by atoms with Gasteiger partial charge in [0.1, 0.15) is 12.6 Å². The van der Waals surface area contributed by atoms with E-state index in [4.69, 9.17) is 23.2 Å². The number of hydrogen-bond acceptors (Lipinski definition) is 4. The Morgan fingerprint density at radius 2 is 1.71 bits per heavy atom. The zero-order valence-corrected chi connectivity index (χ0v) is 22.9. The molecule has 192 valence electrons. The van der Waals surface area contributed by atoms with Crippen molar-refractivity contribution in [3.63, 3.8) is 0 Å². The van der Waals surface area contributed by atoms with Crippen molar-refractivity contribution >= 4 is 50.7 Å². The fourth-order valence-corrected chi connectivity index (χ4v) is 4.90. The van der Waals surface area contributed by atoms with Gasteiger partial charge < -0.3 is 10.2 Å².